The normalized spacial score (nSPS) is 24.3. The van der Waals surface area contributed by atoms with Crippen LogP contribution in [0.25, 0.3) is 0 Å². The maximum atomic E-state index is 6.38. The molecule has 1 N–H and O–H groups in total. The fraction of sp³-hybridized carbons (Fsp3) is 0.667. The minimum atomic E-state index is 0.206. The molecule has 1 aliphatic rings. The first-order valence-electron chi connectivity index (χ1n) is 7.84. The van der Waals surface area contributed by atoms with Crippen molar-refractivity contribution in [1.29, 1.82) is 0 Å². The summed E-state index contributed by atoms with van der Waals surface area (Å²) in [6, 6.07) is 4.92. The van der Waals surface area contributed by atoms with Crippen LogP contribution in [0.2, 0.25) is 0 Å². The maximum Gasteiger partial charge on any atom is 0.125 e. The van der Waals surface area contributed by atoms with Crippen LogP contribution in [0.1, 0.15) is 50.3 Å². The van der Waals surface area contributed by atoms with E-state index >= 15 is 0 Å². The molecule has 0 aliphatic heterocycles. The van der Waals surface area contributed by atoms with Gasteiger partial charge in [-0.2, -0.15) is 0 Å². The number of benzene rings is 1. The summed E-state index contributed by atoms with van der Waals surface area (Å²) in [6.07, 6.45) is 2.62. The summed E-state index contributed by atoms with van der Waals surface area (Å²) in [6.45, 7) is 14.4. The molecule has 0 amide bonds. The van der Waals surface area contributed by atoms with Gasteiger partial charge >= 0.3 is 0 Å². The third kappa shape index (κ3) is 2.71. The van der Waals surface area contributed by atoms with E-state index in [0.717, 1.165) is 18.7 Å². The quantitative estimate of drug-likeness (QED) is 0.871. The summed E-state index contributed by atoms with van der Waals surface area (Å²) < 4.78 is 6.38. The highest BCUT2D eigenvalue weighted by Gasteiger charge is 2.49. The maximum absolute atomic E-state index is 6.38. The van der Waals surface area contributed by atoms with E-state index in [1.807, 2.05) is 0 Å². The molecular weight excluding hydrogens is 246 g/mol. The summed E-state index contributed by atoms with van der Waals surface area (Å²) in [5.41, 5.74) is 4.04. The average molecular weight is 275 g/mol. The lowest BCUT2D eigenvalue weighted by Gasteiger charge is -2.52. The van der Waals surface area contributed by atoms with E-state index in [1.165, 1.54) is 23.1 Å². The lowest BCUT2D eigenvalue weighted by atomic mass is 9.64. The van der Waals surface area contributed by atoms with Gasteiger partial charge in [0.2, 0.25) is 0 Å². The molecule has 2 atom stereocenters. The van der Waals surface area contributed by atoms with Crippen molar-refractivity contribution in [2.75, 3.05) is 6.54 Å². The highest BCUT2D eigenvalue weighted by atomic mass is 16.5. The Bertz CT molecular complexity index is 479. The standard InChI is InChI=1S/C18H29NO/c1-7-10-19-15-11-16(18(15,5)6)20-17-13(3)9-8-12(2)14(17)4/h8-9,15-16,19H,7,10-11H2,1-6H3. The molecule has 1 saturated carbocycles. The second kappa shape index (κ2) is 5.77. The molecule has 1 aromatic rings. The largest absolute Gasteiger partial charge is 0.489 e. The van der Waals surface area contributed by atoms with Crippen LogP contribution in [0.15, 0.2) is 12.1 Å². The minimum absolute atomic E-state index is 0.206. The number of hydrogen-bond acceptors (Lipinski definition) is 2. The first kappa shape index (κ1) is 15.4. The lowest BCUT2D eigenvalue weighted by Crippen LogP contribution is -2.62. The van der Waals surface area contributed by atoms with Crippen molar-refractivity contribution in [1.82, 2.24) is 5.32 Å². The number of ether oxygens (including phenoxy) is 1. The second-order valence-corrected chi connectivity index (χ2v) is 6.82. The molecular formula is C18H29NO. The number of nitrogens with one attached hydrogen (secondary N) is 1. The Balaban J connectivity index is 2.08. The van der Waals surface area contributed by atoms with Crippen LogP contribution >= 0.6 is 0 Å². The summed E-state index contributed by atoms with van der Waals surface area (Å²) in [5.74, 6) is 1.09. The Kier molecular flexibility index (Phi) is 4.43. The Labute approximate surface area is 123 Å². The lowest BCUT2D eigenvalue weighted by molar-refractivity contribution is -0.0552. The van der Waals surface area contributed by atoms with E-state index in [9.17, 15) is 0 Å². The predicted molar refractivity (Wildman–Crippen MR) is 85.5 cm³/mol. The highest BCUT2D eigenvalue weighted by molar-refractivity contribution is 5.45. The average Bonchev–Trinajstić information content (AvgIpc) is 2.41. The zero-order valence-electron chi connectivity index (χ0n) is 13.8. The summed E-state index contributed by atoms with van der Waals surface area (Å²) in [5, 5.41) is 3.64. The Morgan fingerprint density at radius 2 is 1.85 bits per heavy atom. The van der Waals surface area contributed by atoms with E-state index in [2.05, 4.69) is 59.0 Å². The minimum Gasteiger partial charge on any atom is -0.489 e. The molecule has 2 unspecified atom stereocenters. The first-order valence-corrected chi connectivity index (χ1v) is 7.84. The fourth-order valence-electron chi connectivity index (χ4n) is 3.00. The van der Waals surface area contributed by atoms with Gasteiger partial charge in [-0.1, -0.05) is 32.9 Å². The van der Waals surface area contributed by atoms with Gasteiger partial charge in [0.25, 0.3) is 0 Å². The highest BCUT2D eigenvalue weighted by Crippen LogP contribution is 2.44. The van der Waals surface area contributed by atoms with Crippen LogP contribution in [-0.2, 0) is 0 Å². The fourth-order valence-corrected chi connectivity index (χ4v) is 3.00. The molecule has 0 heterocycles. The molecule has 0 aromatic heterocycles. The summed E-state index contributed by atoms with van der Waals surface area (Å²) in [4.78, 5) is 0. The van der Waals surface area contributed by atoms with Gasteiger partial charge in [0.1, 0.15) is 11.9 Å². The first-order chi connectivity index (χ1) is 9.37. The summed E-state index contributed by atoms with van der Waals surface area (Å²) >= 11 is 0. The zero-order valence-corrected chi connectivity index (χ0v) is 13.8. The monoisotopic (exact) mass is 275 g/mol. The molecule has 1 aliphatic carbocycles. The third-order valence-corrected chi connectivity index (χ3v) is 4.95. The van der Waals surface area contributed by atoms with Gasteiger partial charge in [0, 0.05) is 17.9 Å². The van der Waals surface area contributed by atoms with Crippen molar-refractivity contribution in [2.24, 2.45) is 5.41 Å². The van der Waals surface area contributed by atoms with Gasteiger partial charge in [0.05, 0.1) is 0 Å². The molecule has 20 heavy (non-hydrogen) atoms. The predicted octanol–water partition coefficient (Wildman–Crippen LogP) is 4.16. The molecule has 0 radical (unpaired) electrons. The molecule has 1 aromatic carbocycles. The van der Waals surface area contributed by atoms with Gasteiger partial charge in [0.15, 0.2) is 0 Å². The van der Waals surface area contributed by atoms with Gasteiger partial charge in [-0.05, 0) is 50.4 Å². The Morgan fingerprint density at radius 1 is 1.20 bits per heavy atom. The van der Waals surface area contributed by atoms with Crippen LogP contribution in [-0.4, -0.2) is 18.7 Å². The van der Waals surface area contributed by atoms with E-state index in [0.29, 0.717) is 12.1 Å². The van der Waals surface area contributed by atoms with Crippen LogP contribution in [0, 0.1) is 26.2 Å². The van der Waals surface area contributed by atoms with Gasteiger partial charge in [-0.3, -0.25) is 0 Å². The molecule has 2 rings (SSSR count). The van der Waals surface area contributed by atoms with Crippen LogP contribution in [0.5, 0.6) is 5.75 Å². The Morgan fingerprint density at radius 3 is 2.45 bits per heavy atom. The van der Waals surface area contributed by atoms with E-state index < -0.39 is 0 Å². The van der Waals surface area contributed by atoms with Gasteiger partial charge < -0.3 is 10.1 Å². The smallest absolute Gasteiger partial charge is 0.125 e. The molecule has 0 spiro atoms. The van der Waals surface area contributed by atoms with Crippen molar-refractivity contribution in [3.8, 4) is 5.75 Å². The van der Waals surface area contributed by atoms with E-state index in [4.69, 9.17) is 4.74 Å². The van der Waals surface area contributed by atoms with Crippen molar-refractivity contribution >= 4 is 0 Å². The number of rotatable bonds is 5. The van der Waals surface area contributed by atoms with Crippen LogP contribution in [0.4, 0.5) is 0 Å². The Hall–Kier alpha value is -1.02. The van der Waals surface area contributed by atoms with E-state index in [-0.39, 0.29) is 5.41 Å². The van der Waals surface area contributed by atoms with E-state index in [1.54, 1.807) is 0 Å². The van der Waals surface area contributed by atoms with Crippen molar-refractivity contribution < 1.29 is 4.74 Å². The molecule has 2 heteroatoms. The second-order valence-electron chi connectivity index (χ2n) is 6.82. The van der Waals surface area contributed by atoms with Crippen molar-refractivity contribution in [3.63, 3.8) is 0 Å². The zero-order chi connectivity index (χ0) is 14.9. The van der Waals surface area contributed by atoms with Crippen molar-refractivity contribution in [2.45, 2.75) is 66.5 Å². The van der Waals surface area contributed by atoms with Crippen molar-refractivity contribution in [3.05, 3.63) is 28.8 Å². The number of aryl methyl sites for hydroxylation is 2. The third-order valence-electron chi connectivity index (χ3n) is 4.95. The van der Waals surface area contributed by atoms with Crippen LogP contribution < -0.4 is 10.1 Å². The summed E-state index contributed by atoms with van der Waals surface area (Å²) in [7, 11) is 0. The molecule has 2 nitrogen and oxygen atoms in total. The van der Waals surface area contributed by atoms with Gasteiger partial charge in [-0.25, -0.2) is 0 Å². The molecule has 0 bridgehead atoms. The molecule has 112 valence electrons. The topological polar surface area (TPSA) is 21.3 Å². The number of hydrogen-bond donors (Lipinski definition) is 1. The van der Waals surface area contributed by atoms with Gasteiger partial charge in [-0.15, -0.1) is 0 Å². The van der Waals surface area contributed by atoms with Crippen LogP contribution in [0.3, 0.4) is 0 Å². The SMILES string of the molecule is CCCNC1CC(Oc2c(C)ccc(C)c2C)C1(C)C. The molecule has 1 fully saturated rings. The molecule has 0 saturated heterocycles.